The molecule has 19 heavy (non-hydrogen) atoms. The Morgan fingerprint density at radius 1 is 1.47 bits per heavy atom. The second kappa shape index (κ2) is 5.90. The molecule has 1 aliphatic rings. The molecule has 0 radical (unpaired) electrons. The molecule has 1 fully saturated rings. The van der Waals surface area contributed by atoms with E-state index in [4.69, 9.17) is 10.5 Å². The van der Waals surface area contributed by atoms with Gasteiger partial charge in [-0.2, -0.15) is 0 Å². The highest BCUT2D eigenvalue weighted by atomic mass is 32.2. The van der Waals surface area contributed by atoms with E-state index in [-0.39, 0.29) is 0 Å². The molecule has 0 aliphatic carbocycles. The highest BCUT2D eigenvalue weighted by Crippen LogP contribution is 2.19. The third-order valence-corrected chi connectivity index (χ3v) is 4.98. The lowest BCUT2D eigenvalue weighted by atomic mass is 10.1. The summed E-state index contributed by atoms with van der Waals surface area (Å²) in [5.41, 5.74) is 6.86. The summed E-state index contributed by atoms with van der Waals surface area (Å²) in [7, 11) is -3.45. The fourth-order valence-corrected chi connectivity index (χ4v) is 3.53. The average molecular weight is 284 g/mol. The van der Waals surface area contributed by atoms with Crippen LogP contribution in [0.1, 0.15) is 18.4 Å². The lowest BCUT2D eigenvalue weighted by Crippen LogP contribution is -2.27. The number of hydrogen-bond donors (Lipinski definition) is 2. The molecule has 1 aromatic carbocycles. The van der Waals surface area contributed by atoms with E-state index in [0.29, 0.717) is 28.6 Å². The zero-order valence-corrected chi connectivity index (χ0v) is 11.9. The maximum absolute atomic E-state index is 12.2. The summed E-state index contributed by atoms with van der Waals surface area (Å²) in [6.07, 6.45) is 1.83. The van der Waals surface area contributed by atoms with Crippen LogP contribution in [0.25, 0.3) is 0 Å². The first-order chi connectivity index (χ1) is 8.99. The van der Waals surface area contributed by atoms with E-state index in [2.05, 4.69) is 4.72 Å². The molecule has 0 saturated carbocycles. The summed E-state index contributed by atoms with van der Waals surface area (Å²) in [6, 6.07) is 4.82. The van der Waals surface area contributed by atoms with Crippen molar-refractivity contribution in [2.45, 2.75) is 24.7 Å². The number of benzene rings is 1. The van der Waals surface area contributed by atoms with Gasteiger partial charge in [0.1, 0.15) is 0 Å². The van der Waals surface area contributed by atoms with Gasteiger partial charge in [-0.15, -0.1) is 0 Å². The van der Waals surface area contributed by atoms with Crippen LogP contribution in [-0.4, -0.2) is 28.2 Å². The summed E-state index contributed by atoms with van der Waals surface area (Å²) >= 11 is 0. The summed E-state index contributed by atoms with van der Waals surface area (Å²) in [4.78, 5) is 0.296. The van der Waals surface area contributed by atoms with Gasteiger partial charge in [0, 0.05) is 25.4 Å². The maximum atomic E-state index is 12.2. The van der Waals surface area contributed by atoms with E-state index < -0.39 is 10.0 Å². The Hall–Kier alpha value is -1.11. The van der Waals surface area contributed by atoms with Gasteiger partial charge in [-0.1, -0.05) is 0 Å². The minimum absolute atomic E-state index is 0.296. The molecule has 0 bridgehead atoms. The largest absolute Gasteiger partial charge is 0.399 e. The number of nitrogens with two attached hydrogens (primary N) is 1. The van der Waals surface area contributed by atoms with Gasteiger partial charge < -0.3 is 10.5 Å². The van der Waals surface area contributed by atoms with Gasteiger partial charge >= 0.3 is 0 Å². The molecule has 106 valence electrons. The maximum Gasteiger partial charge on any atom is 0.240 e. The molecule has 2 rings (SSSR count). The van der Waals surface area contributed by atoms with E-state index in [9.17, 15) is 8.42 Å². The molecule has 0 spiro atoms. The molecule has 1 aliphatic heterocycles. The zero-order chi connectivity index (χ0) is 13.9. The minimum Gasteiger partial charge on any atom is -0.399 e. The number of aryl methyl sites for hydroxylation is 1. The molecule has 5 nitrogen and oxygen atoms in total. The van der Waals surface area contributed by atoms with Crippen LogP contribution < -0.4 is 10.5 Å². The lowest BCUT2D eigenvalue weighted by Gasteiger charge is -2.11. The Morgan fingerprint density at radius 3 is 2.89 bits per heavy atom. The second-order valence-electron chi connectivity index (χ2n) is 4.94. The molecule has 1 aromatic rings. The van der Waals surface area contributed by atoms with E-state index in [1.54, 1.807) is 25.1 Å². The smallest absolute Gasteiger partial charge is 0.240 e. The second-order valence-corrected chi connectivity index (χ2v) is 6.68. The van der Waals surface area contributed by atoms with Gasteiger partial charge in [0.2, 0.25) is 10.0 Å². The first-order valence-corrected chi connectivity index (χ1v) is 7.91. The first-order valence-electron chi connectivity index (χ1n) is 6.42. The van der Waals surface area contributed by atoms with Crippen LogP contribution in [0.5, 0.6) is 0 Å². The SMILES string of the molecule is Cc1cc(N)ccc1S(=O)(=O)NCCC1CCOC1. The fourth-order valence-electron chi connectivity index (χ4n) is 2.26. The van der Waals surface area contributed by atoms with Crippen molar-refractivity contribution in [1.29, 1.82) is 0 Å². The van der Waals surface area contributed by atoms with E-state index >= 15 is 0 Å². The predicted octanol–water partition coefficient (Wildman–Crippen LogP) is 1.28. The number of hydrogen-bond acceptors (Lipinski definition) is 4. The predicted molar refractivity (Wildman–Crippen MR) is 74.3 cm³/mol. The van der Waals surface area contributed by atoms with Crippen molar-refractivity contribution in [2.75, 3.05) is 25.5 Å². The normalized spacial score (nSPS) is 19.7. The van der Waals surface area contributed by atoms with Gasteiger partial charge in [0.15, 0.2) is 0 Å². The highest BCUT2D eigenvalue weighted by molar-refractivity contribution is 7.89. The number of nitrogens with one attached hydrogen (secondary N) is 1. The van der Waals surface area contributed by atoms with Gasteiger partial charge in [-0.05, 0) is 49.4 Å². The van der Waals surface area contributed by atoms with Crippen molar-refractivity contribution in [3.8, 4) is 0 Å². The van der Waals surface area contributed by atoms with Gasteiger partial charge in [0.05, 0.1) is 4.90 Å². The Bertz CT molecular complexity index is 537. The van der Waals surface area contributed by atoms with Gasteiger partial charge in [-0.25, -0.2) is 13.1 Å². The van der Waals surface area contributed by atoms with Crippen LogP contribution >= 0.6 is 0 Å². The van der Waals surface area contributed by atoms with Gasteiger partial charge in [-0.3, -0.25) is 0 Å². The number of nitrogen functional groups attached to an aromatic ring is 1. The summed E-state index contributed by atoms with van der Waals surface area (Å²) in [6.45, 7) is 3.72. The van der Waals surface area contributed by atoms with E-state index in [1.165, 1.54) is 0 Å². The number of rotatable bonds is 5. The molecule has 1 heterocycles. The van der Waals surface area contributed by atoms with Crippen LogP contribution in [0, 0.1) is 12.8 Å². The summed E-state index contributed by atoms with van der Waals surface area (Å²) in [5, 5.41) is 0. The van der Waals surface area contributed by atoms with Crippen molar-refractivity contribution in [2.24, 2.45) is 5.92 Å². The molecule has 1 atom stereocenters. The van der Waals surface area contributed by atoms with E-state index in [0.717, 1.165) is 26.1 Å². The van der Waals surface area contributed by atoms with Crippen LogP contribution in [0.2, 0.25) is 0 Å². The van der Waals surface area contributed by atoms with Crippen molar-refractivity contribution >= 4 is 15.7 Å². The Kier molecular flexibility index (Phi) is 4.44. The van der Waals surface area contributed by atoms with Crippen LogP contribution in [0.3, 0.4) is 0 Å². The molecule has 1 saturated heterocycles. The monoisotopic (exact) mass is 284 g/mol. The lowest BCUT2D eigenvalue weighted by molar-refractivity contribution is 0.184. The minimum atomic E-state index is -3.45. The fraction of sp³-hybridized carbons (Fsp3) is 0.538. The highest BCUT2D eigenvalue weighted by Gasteiger charge is 2.19. The molecular weight excluding hydrogens is 264 g/mol. The molecular formula is C13H20N2O3S. The Balaban J connectivity index is 1.97. The Labute approximate surface area is 114 Å². The van der Waals surface area contributed by atoms with Crippen LogP contribution in [0.4, 0.5) is 5.69 Å². The number of ether oxygens (including phenoxy) is 1. The van der Waals surface area contributed by atoms with Gasteiger partial charge in [0.25, 0.3) is 0 Å². The standard InChI is InChI=1S/C13H20N2O3S/c1-10-8-12(14)2-3-13(10)19(16,17)15-6-4-11-5-7-18-9-11/h2-3,8,11,15H,4-7,9,14H2,1H3. The van der Waals surface area contributed by atoms with Crippen molar-refractivity contribution in [3.05, 3.63) is 23.8 Å². The average Bonchev–Trinajstić information content (AvgIpc) is 2.81. The zero-order valence-electron chi connectivity index (χ0n) is 11.1. The van der Waals surface area contributed by atoms with Crippen molar-refractivity contribution < 1.29 is 13.2 Å². The summed E-state index contributed by atoms with van der Waals surface area (Å²) in [5.74, 6) is 0.468. The quantitative estimate of drug-likeness (QED) is 0.798. The molecule has 0 amide bonds. The topological polar surface area (TPSA) is 81.4 Å². The van der Waals surface area contributed by atoms with Crippen molar-refractivity contribution in [1.82, 2.24) is 4.72 Å². The number of sulfonamides is 1. The van der Waals surface area contributed by atoms with Crippen molar-refractivity contribution in [3.63, 3.8) is 0 Å². The summed E-state index contributed by atoms with van der Waals surface area (Å²) < 4.78 is 32.2. The van der Waals surface area contributed by atoms with E-state index in [1.807, 2.05) is 0 Å². The van der Waals surface area contributed by atoms with Crippen LogP contribution in [-0.2, 0) is 14.8 Å². The molecule has 3 N–H and O–H groups in total. The molecule has 6 heteroatoms. The van der Waals surface area contributed by atoms with Crippen LogP contribution in [0.15, 0.2) is 23.1 Å². The third kappa shape index (κ3) is 3.68. The first kappa shape index (κ1) is 14.3. The third-order valence-electron chi connectivity index (χ3n) is 3.36. The number of anilines is 1. The Morgan fingerprint density at radius 2 is 2.26 bits per heavy atom. The molecule has 0 aromatic heterocycles. The molecule has 1 unspecified atom stereocenters.